The third-order valence-corrected chi connectivity index (χ3v) is 5.02. The van der Waals surface area contributed by atoms with E-state index >= 15 is 0 Å². The van der Waals surface area contributed by atoms with E-state index in [2.05, 4.69) is 0 Å². The highest BCUT2D eigenvalue weighted by Gasteiger charge is 2.38. The Balaban J connectivity index is 1.95. The van der Waals surface area contributed by atoms with E-state index in [1.54, 1.807) is 7.11 Å². The first-order chi connectivity index (χ1) is 8.36. The molecule has 2 saturated carbocycles. The fourth-order valence-electron chi connectivity index (χ4n) is 4.19. The lowest BCUT2D eigenvalue weighted by Gasteiger charge is -2.44. The summed E-state index contributed by atoms with van der Waals surface area (Å²) in [7, 11) is 3.67. The van der Waals surface area contributed by atoms with Gasteiger partial charge in [0.25, 0.3) is 0 Å². The van der Waals surface area contributed by atoms with E-state index in [-0.39, 0.29) is 0 Å². The van der Waals surface area contributed by atoms with Crippen LogP contribution in [0, 0.1) is 17.8 Å². The van der Waals surface area contributed by atoms with Crippen molar-refractivity contribution in [2.45, 2.75) is 57.5 Å². The maximum atomic E-state index is 5.76. The van der Waals surface area contributed by atoms with Crippen LogP contribution in [0.2, 0.25) is 0 Å². The summed E-state index contributed by atoms with van der Waals surface area (Å²) < 4.78 is 11.0. The van der Waals surface area contributed by atoms with Crippen molar-refractivity contribution in [1.29, 1.82) is 0 Å². The average Bonchev–Trinajstić information content (AvgIpc) is 2.40. The fourth-order valence-corrected chi connectivity index (χ4v) is 4.19. The molecule has 4 atom stereocenters. The summed E-state index contributed by atoms with van der Waals surface area (Å²) in [6.45, 7) is 0.840. The third kappa shape index (κ3) is 3.23. The molecule has 0 radical (unpaired) electrons. The van der Waals surface area contributed by atoms with Gasteiger partial charge in [-0.1, -0.05) is 32.1 Å². The summed E-state index contributed by atoms with van der Waals surface area (Å²) >= 11 is 0. The van der Waals surface area contributed by atoms with Crippen molar-refractivity contribution >= 4 is 0 Å². The normalized spacial score (nSPS) is 35.3. The van der Waals surface area contributed by atoms with Gasteiger partial charge >= 0.3 is 0 Å². The lowest BCUT2D eigenvalue weighted by molar-refractivity contribution is -0.0353. The topological polar surface area (TPSA) is 18.5 Å². The van der Waals surface area contributed by atoms with Gasteiger partial charge in [0.15, 0.2) is 0 Å². The van der Waals surface area contributed by atoms with Gasteiger partial charge in [0.2, 0.25) is 0 Å². The fraction of sp³-hybridized carbons (Fsp3) is 1.00. The van der Waals surface area contributed by atoms with Crippen molar-refractivity contribution in [1.82, 2.24) is 0 Å². The summed E-state index contributed by atoms with van der Waals surface area (Å²) in [5, 5.41) is 0. The predicted molar refractivity (Wildman–Crippen MR) is 70.1 cm³/mol. The first kappa shape index (κ1) is 13.4. The van der Waals surface area contributed by atoms with Crippen LogP contribution in [0.4, 0.5) is 0 Å². The minimum Gasteiger partial charge on any atom is -0.385 e. The molecular weight excluding hydrogens is 212 g/mol. The monoisotopic (exact) mass is 240 g/mol. The number of fused-ring (bicyclic) bond motifs is 1. The number of hydrogen-bond donors (Lipinski definition) is 0. The van der Waals surface area contributed by atoms with Crippen LogP contribution >= 0.6 is 0 Å². The molecule has 2 rings (SSSR count). The minimum atomic E-state index is 0.431. The van der Waals surface area contributed by atoms with Gasteiger partial charge in [0.1, 0.15) is 0 Å². The zero-order valence-electron chi connectivity index (χ0n) is 11.5. The summed E-state index contributed by atoms with van der Waals surface area (Å²) in [4.78, 5) is 0. The van der Waals surface area contributed by atoms with Gasteiger partial charge in [-0.2, -0.15) is 0 Å². The molecule has 0 aromatic carbocycles. The molecule has 2 heteroatoms. The molecule has 2 fully saturated rings. The number of ether oxygens (including phenoxy) is 2. The second-order valence-corrected chi connectivity index (χ2v) is 5.86. The molecule has 2 aliphatic carbocycles. The second kappa shape index (κ2) is 6.75. The van der Waals surface area contributed by atoms with Crippen LogP contribution in [0.15, 0.2) is 0 Å². The van der Waals surface area contributed by atoms with Gasteiger partial charge < -0.3 is 9.47 Å². The van der Waals surface area contributed by atoms with E-state index in [1.165, 1.54) is 44.9 Å². The van der Waals surface area contributed by atoms with Gasteiger partial charge in [-0.3, -0.25) is 0 Å². The molecule has 100 valence electrons. The highest BCUT2D eigenvalue weighted by Crippen LogP contribution is 2.45. The Bertz CT molecular complexity index is 215. The molecule has 0 saturated heterocycles. The molecule has 0 heterocycles. The lowest BCUT2D eigenvalue weighted by atomic mass is 9.63. The average molecular weight is 240 g/mol. The molecule has 0 amide bonds. The van der Waals surface area contributed by atoms with Crippen LogP contribution in [-0.2, 0) is 9.47 Å². The summed E-state index contributed by atoms with van der Waals surface area (Å²) in [5.41, 5.74) is 0. The van der Waals surface area contributed by atoms with Crippen molar-refractivity contribution in [3.05, 3.63) is 0 Å². The van der Waals surface area contributed by atoms with Crippen LogP contribution in [0.1, 0.15) is 51.4 Å². The van der Waals surface area contributed by atoms with Gasteiger partial charge in [-0.25, -0.2) is 0 Å². The maximum Gasteiger partial charge on any atom is 0.0624 e. The Kier molecular flexibility index (Phi) is 5.30. The SMILES string of the molecule is COCCC(OC)C1CCCC2CCCCC21. The predicted octanol–water partition coefficient (Wildman–Crippen LogP) is 3.64. The number of rotatable bonds is 5. The summed E-state index contributed by atoms with van der Waals surface area (Å²) in [6.07, 6.45) is 11.6. The van der Waals surface area contributed by atoms with Crippen molar-refractivity contribution in [2.24, 2.45) is 17.8 Å². The first-order valence-corrected chi connectivity index (χ1v) is 7.38. The Hall–Kier alpha value is -0.0800. The molecule has 17 heavy (non-hydrogen) atoms. The largest absolute Gasteiger partial charge is 0.385 e. The Morgan fingerprint density at radius 1 is 1.00 bits per heavy atom. The maximum absolute atomic E-state index is 5.76. The van der Waals surface area contributed by atoms with Crippen molar-refractivity contribution in [3.8, 4) is 0 Å². The zero-order valence-corrected chi connectivity index (χ0v) is 11.5. The van der Waals surface area contributed by atoms with E-state index < -0.39 is 0 Å². The van der Waals surface area contributed by atoms with Crippen LogP contribution in [0.3, 0.4) is 0 Å². The quantitative estimate of drug-likeness (QED) is 0.730. The van der Waals surface area contributed by atoms with Gasteiger partial charge in [-0.05, 0) is 37.0 Å². The van der Waals surface area contributed by atoms with Crippen LogP contribution in [0.5, 0.6) is 0 Å². The van der Waals surface area contributed by atoms with Crippen LogP contribution < -0.4 is 0 Å². The molecule has 2 aliphatic rings. The van der Waals surface area contributed by atoms with E-state index in [9.17, 15) is 0 Å². The molecule has 0 aliphatic heterocycles. The number of methoxy groups -OCH3 is 2. The van der Waals surface area contributed by atoms with E-state index in [1.807, 2.05) is 7.11 Å². The van der Waals surface area contributed by atoms with E-state index in [4.69, 9.17) is 9.47 Å². The van der Waals surface area contributed by atoms with Crippen molar-refractivity contribution in [3.63, 3.8) is 0 Å². The number of hydrogen-bond acceptors (Lipinski definition) is 2. The minimum absolute atomic E-state index is 0.431. The van der Waals surface area contributed by atoms with E-state index in [0.29, 0.717) is 6.10 Å². The lowest BCUT2D eigenvalue weighted by Crippen LogP contribution is -2.39. The van der Waals surface area contributed by atoms with Gasteiger partial charge in [-0.15, -0.1) is 0 Å². The third-order valence-electron chi connectivity index (χ3n) is 5.02. The highest BCUT2D eigenvalue weighted by atomic mass is 16.5. The van der Waals surface area contributed by atoms with Crippen molar-refractivity contribution < 1.29 is 9.47 Å². The van der Waals surface area contributed by atoms with Crippen LogP contribution in [0.25, 0.3) is 0 Å². The highest BCUT2D eigenvalue weighted by molar-refractivity contribution is 4.88. The van der Waals surface area contributed by atoms with Gasteiger partial charge in [0, 0.05) is 20.8 Å². The summed E-state index contributed by atoms with van der Waals surface area (Å²) in [6, 6.07) is 0. The summed E-state index contributed by atoms with van der Waals surface area (Å²) in [5.74, 6) is 2.75. The standard InChI is InChI=1S/C15H28O2/c1-16-11-10-15(17-2)14-9-5-7-12-6-3-4-8-13(12)14/h12-15H,3-11H2,1-2H3. The first-order valence-electron chi connectivity index (χ1n) is 7.38. The Labute approximate surface area is 106 Å². The molecule has 0 aromatic heterocycles. The zero-order chi connectivity index (χ0) is 12.1. The Morgan fingerprint density at radius 3 is 2.53 bits per heavy atom. The molecule has 0 aromatic rings. The molecule has 4 unspecified atom stereocenters. The molecule has 0 bridgehead atoms. The molecule has 0 spiro atoms. The molecule has 0 N–H and O–H groups in total. The van der Waals surface area contributed by atoms with E-state index in [0.717, 1.165) is 30.8 Å². The smallest absolute Gasteiger partial charge is 0.0624 e. The Morgan fingerprint density at radius 2 is 1.76 bits per heavy atom. The molecular formula is C15H28O2. The van der Waals surface area contributed by atoms with Gasteiger partial charge in [0.05, 0.1) is 6.10 Å². The second-order valence-electron chi connectivity index (χ2n) is 5.86. The molecule has 2 nitrogen and oxygen atoms in total. The van der Waals surface area contributed by atoms with Crippen molar-refractivity contribution in [2.75, 3.05) is 20.8 Å². The van der Waals surface area contributed by atoms with Crippen LogP contribution in [-0.4, -0.2) is 26.9 Å².